The van der Waals surface area contributed by atoms with Gasteiger partial charge in [0, 0.05) is 23.4 Å². The Hall–Kier alpha value is -4.28. The van der Waals surface area contributed by atoms with E-state index >= 15 is 0 Å². The standard InChI is InChI=1S/C38H45N3O5S2/c1-7-46-35-19-12-11-18-33(35)41(48(44,45)32-22-20-31(47-6)21-23-32)27-36(42)40(26-30-17-13-14-28(2)24-30)34(37(43)39-38(3,4)5)25-29-15-9-8-10-16-29/h8-24,34H,7,25-27H2,1-6H3,(H,39,43)/t34-/m1/s1. The fraction of sp³-hybridized carbons (Fsp3) is 0.316. The van der Waals surface area contributed by atoms with E-state index in [1.54, 1.807) is 48.5 Å². The summed E-state index contributed by atoms with van der Waals surface area (Å²) in [7, 11) is -4.27. The summed E-state index contributed by atoms with van der Waals surface area (Å²) in [4.78, 5) is 31.3. The minimum atomic E-state index is -4.27. The maximum Gasteiger partial charge on any atom is 0.264 e. The molecule has 254 valence electrons. The number of para-hydroxylation sites is 2. The largest absolute Gasteiger partial charge is 0.492 e. The molecule has 48 heavy (non-hydrogen) atoms. The SMILES string of the molecule is CCOc1ccccc1N(CC(=O)N(Cc1cccc(C)c1)[C@H](Cc1ccccc1)C(=O)NC(C)(C)C)S(=O)(=O)c1ccc(SC)cc1. The summed E-state index contributed by atoms with van der Waals surface area (Å²) in [6.45, 7) is 9.27. The molecule has 4 rings (SSSR count). The van der Waals surface area contributed by atoms with E-state index in [-0.39, 0.29) is 29.5 Å². The van der Waals surface area contributed by atoms with Crippen LogP contribution in [-0.2, 0) is 32.6 Å². The lowest BCUT2D eigenvalue weighted by atomic mass is 10.0. The highest BCUT2D eigenvalue weighted by molar-refractivity contribution is 7.98. The number of carbonyl (C=O) groups is 2. The highest BCUT2D eigenvalue weighted by Gasteiger charge is 2.36. The lowest BCUT2D eigenvalue weighted by molar-refractivity contribution is -0.140. The molecule has 0 bridgehead atoms. The van der Waals surface area contributed by atoms with Gasteiger partial charge in [-0.15, -0.1) is 11.8 Å². The minimum absolute atomic E-state index is 0.0379. The Kier molecular flexibility index (Phi) is 12.3. The average Bonchev–Trinajstić information content (AvgIpc) is 3.05. The Morgan fingerprint density at radius 2 is 1.52 bits per heavy atom. The number of anilines is 1. The molecule has 0 radical (unpaired) electrons. The number of benzene rings is 4. The maximum absolute atomic E-state index is 14.8. The second kappa shape index (κ2) is 16.2. The Balaban J connectivity index is 1.86. The van der Waals surface area contributed by atoms with Crippen molar-refractivity contribution >= 4 is 39.3 Å². The van der Waals surface area contributed by atoms with E-state index in [0.717, 1.165) is 25.9 Å². The van der Waals surface area contributed by atoms with Crippen LogP contribution in [0.2, 0.25) is 0 Å². The summed E-state index contributed by atoms with van der Waals surface area (Å²) in [6.07, 6.45) is 2.15. The molecule has 4 aromatic rings. The zero-order valence-electron chi connectivity index (χ0n) is 28.5. The summed E-state index contributed by atoms with van der Waals surface area (Å²) in [5.74, 6) is -0.533. The Morgan fingerprint density at radius 3 is 2.15 bits per heavy atom. The van der Waals surface area contributed by atoms with Crippen LogP contribution in [0.3, 0.4) is 0 Å². The maximum atomic E-state index is 14.8. The first-order valence-electron chi connectivity index (χ1n) is 15.9. The zero-order chi connectivity index (χ0) is 34.9. The van der Waals surface area contributed by atoms with E-state index in [9.17, 15) is 18.0 Å². The number of rotatable bonds is 14. The van der Waals surface area contributed by atoms with E-state index < -0.39 is 34.1 Å². The molecule has 0 saturated carbocycles. The number of nitrogens with zero attached hydrogens (tertiary/aromatic N) is 2. The number of hydrogen-bond donors (Lipinski definition) is 1. The van der Waals surface area contributed by atoms with E-state index in [4.69, 9.17) is 4.74 Å². The predicted octanol–water partition coefficient (Wildman–Crippen LogP) is 6.87. The molecular formula is C38H45N3O5S2. The smallest absolute Gasteiger partial charge is 0.264 e. The second-order valence-corrected chi connectivity index (χ2v) is 15.3. The van der Waals surface area contributed by atoms with Crippen molar-refractivity contribution in [3.8, 4) is 5.75 Å². The molecule has 4 aromatic carbocycles. The first-order chi connectivity index (χ1) is 22.8. The number of thioether (sulfide) groups is 1. The van der Waals surface area contributed by atoms with Crippen molar-refractivity contribution in [3.05, 3.63) is 120 Å². The molecular weight excluding hydrogens is 643 g/mol. The van der Waals surface area contributed by atoms with E-state index in [2.05, 4.69) is 5.32 Å². The summed E-state index contributed by atoms with van der Waals surface area (Å²) in [5, 5.41) is 3.06. The van der Waals surface area contributed by atoms with Crippen LogP contribution in [0.1, 0.15) is 44.4 Å². The highest BCUT2D eigenvalue weighted by Crippen LogP contribution is 2.33. The van der Waals surface area contributed by atoms with E-state index in [0.29, 0.717) is 12.4 Å². The Labute approximate surface area is 289 Å². The van der Waals surface area contributed by atoms with Gasteiger partial charge >= 0.3 is 0 Å². The van der Waals surface area contributed by atoms with Gasteiger partial charge in [0.05, 0.1) is 17.2 Å². The van der Waals surface area contributed by atoms with Gasteiger partial charge in [0.2, 0.25) is 11.8 Å². The number of carbonyl (C=O) groups excluding carboxylic acids is 2. The molecule has 0 heterocycles. The van der Waals surface area contributed by atoms with Crippen LogP contribution in [0.5, 0.6) is 5.75 Å². The quantitative estimate of drug-likeness (QED) is 0.146. The Bertz CT molecular complexity index is 1790. The fourth-order valence-electron chi connectivity index (χ4n) is 5.34. The summed E-state index contributed by atoms with van der Waals surface area (Å²) < 4.78 is 35.8. The van der Waals surface area contributed by atoms with Crippen LogP contribution in [0.4, 0.5) is 5.69 Å². The van der Waals surface area contributed by atoms with Gasteiger partial charge in [0.1, 0.15) is 18.3 Å². The lowest BCUT2D eigenvalue weighted by Gasteiger charge is -2.35. The predicted molar refractivity (Wildman–Crippen MR) is 194 cm³/mol. The van der Waals surface area contributed by atoms with Crippen LogP contribution >= 0.6 is 11.8 Å². The number of aryl methyl sites for hydroxylation is 1. The van der Waals surface area contributed by atoms with Gasteiger partial charge in [-0.1, -0.05) is 72.3 Å². The van der Waals surface area contributed by atoms with Crippen molar-refractivity contribution in [2.75, 3.05) is 23.7 Å². The normalized spacial score (nSPS) is 12.2. The average molecular weight is 688 g/mol. The molecule has 0 fully saturated rings. The molecule has 0 spiro atoms. The molecule has 1 N–H and O–H groups in total. The van der Waals surface area contributed by atoms with Gasteiger partial charge < -0.3 is 15.0 Å². The van der Waals surface area contributed by atoms with Crippen LogP contribution in [0.25, 0.3) is 0 Å². The monoisotopic (exact) mass is 687 g/mol. The van der Waals surface area contributed by atoms with Gasteiger partial charge in [-0.2, -0.15) is 0 Å². The van der Waals surface area contributed by atoms with Gasteiger partial charge in [-0.05, 0) is 88.4 Å². The fourth-order valence-corrected chi connectivity index (χ4v) is 7.18. The first kappa shape index (κ1) is 36.6. The first-order valence-corrected chi connectivity index (χ1v) is 18.6. The van der Waals surface area contributed by atoms with Crippen LogP contribution < -0.4 is 14.4 Å². The molecule has 2 amide bonds. The molecule has 0 aromatic heterocycles. The van der Waals surface area contributed by atoms with E-state index in [1.165, 1.54) is 16.7 Å². The minimum Gasteiger partial charge on any atom is -0.492 e. The molecule has 0 saturated heterocycles. The van der Waals surface area contributed by atoms with Crippen molar-refractivity contribution in [1.82, 2.24) is 10.2 Å². The highest BCUT2D eigenvalue weighted by atomic mass is 32.2. The topological polar surface area (TPSA) is 96.0 Å². The molecule has 8 nitrogen and oxygen atoms in total. The third-order valence-electron chi connectivity index (χ3n) is 7.56. The molecule has 0 aliphatic carbocycles. The van der Waals surface area contributed by atoms with Gasteiger partial charge in [0.25, 0.3) is 10.0 Å². The van der Waals surface area contributed by atoms with Gasteiger partial charge in [-0.3, -0.25) is 13.9 Å². The zero-order valence-corrected chi connectivity index (χ0v) is 30.1. The van der Waals surface area contributed by atoms with Crippen molar-refractivity contribution < 1.29 is 22.7 Å². The van der Waals surface area contributed by atoms with E-state index in [1.807, 2.05) is 95.5 Å². The number of hydrogen-bond acceptors (Lipinski definition) is 6. The summed E-state index contributed by atoms with van der Waals surface area (Å²) in [6, 6.07) is 29.7. The number of nitrogens with one attached hydrogen (secondary N) is 1. The van der Waals surface area contributed by atoms with Crippen LogP contribution in [0.15, 0.2) is 113 Å². The van der Waals surface area contributed by atoms with Crippen molar-refractivity contribution in [3.63, 3.8) is 0 Å². The van der Waals surface area contributed by atoms with Crippen LogP contribution in [0, 0.1) is 6.92 Å². The molecule has 0 aliphatic heterocycles. The molecule has 0 aliphatic rings. The molecule has 0 unspecified atom stereocenters. The summed E-state index contributed by atoms with van der Waals surface area (Å²) in [5.41, 5.74) is 2.35. The molecule has 10 heteroatoms. The van der Waals surface area contributed by atoms with Crippen molar-refractivity contribution in [1.29, 1.82) is 0 Å². The molecule has 1 atom stereocenters. The van der Waals surface area contributed by atoms with Crippen molar-refractivity contribution in [2.45, 2.75) is 69.0 Å². The lowest BCUT2D eigenvalue weighted by Crippen LogP contribution is -2.56. The van der Waals surface area contributed by atoms with Gasteiger partial charge in [0.15, 0.2) is 0 Å². The van der Waals surface area contributed by atoms with Crippen molar-refractivity contribution in [2.24, 2.45) is 0 Å². The third kappa shape index (κ3) is 9.64. The Morgan fingerprint density at radius 1 is 0.875 bits per heavy atom. The number of ether oxygens (including phenoxy) is 1. The summed E-state index contributed by atoms with van der Waals surface area (Å²) >= 11 is 1.50. The second-order valence-electron chi connectivity index (χ2n) is 12.5. The van der Waals surface area contributed by atoms with Gasteiger partial charge in [-0.25, -0.2) is 8.42 Å². The third-order valence-corrected chi connectivity index (χ3v) is 10.1. The number of sulfonamides is 1. The number of amides is 2. The van der Waals surface area contributed by atoms with Crippen LogP contribution in [-0.4, -0.2) is 56.1 Å².